The van der Waals surface area contributed by atoms with E-state index in [9.17, 15) is 0 Å². The van der Waals surface area contributed by atoms with E-state index in [0.29, 0.717) is 17.3 Å². The van der Waals surface area contributed by atoms with E-state index in [-0.39, 0.29) is 6.79 Å². The molecule has 2 aliphatic heterocycles. The number of anilines is 1. The minimum atomic E-state index is 0.252. The molecule has 0 bridgehead atoms. The molecule has 1 aromatic carbocycles. The predicted octanol–water partition coefficient (Wildman–Crippen LogP) is 1.76. The highest BCUT2D eigenvalue weighted by Crippen LogP contribution is 2.43. The average molecular weight is 220 g/mol. The van der Waals surface area contributed by atoms with Gasteiger partial charge in [-0.15, -0.1) is 0 Å². The zero-order valence-electron chi connectivity index (χ0n) is 8.87. The molecule has 0 radical (unpaired) electrons. The predicted molar refractivity (Wildman–Crippen MR) is 58.3 cm³/mol. The van der Waals surface area contributed by atoms with E-state index in [2.05, 4.69) is 5.32 Å². The van der Waals surface area contributed by atoms with Gasteiger partial charge in [-0.25, -0.2) is 0 Å². The molecule has 5 heteroatoms. The van der Waals surface area contributed by atoms with Crippen molar-refractivity contribution < 1.29 is 14.2 Å². The smallest absolute Gasteiger partial charge is 0.231 e. The fourth-order valence-electron chi connectivity index (χ4n) is 1.77. The molecule has 84 valence electrons. The molecule has 16 heavy (non-hydrogen) atoms. The summed E-state index contributed by atoms with van der Waals surface area (Å²) >= 11 is 0. The summed E-state index contributed by atoms with van der Waals surface area (Å²) in [5, 5.41) is 3.09. The number of allylic oxidation sites excluding steroid dienone is 1. The van der Waals surface area contributed by atoms with Crippen LogP contribution in [-0.4, -0.2) is 6.79 Å². The third kappa shape index (κ3) is 1.25. The summed E-state index contributed by atoms with van der Waals surface area (Å²) < 4.78 is 16.2. The molecule has 2 heterocycles. The zero-order chi connectivity index (χ0) is 11.1. The molecule has 0 fully saturated rings. The molecule has 3 rings (SSSR count). The summed E-state index contributed by atoms with van der Waals surface area (Å²) in [6, 6.07) is 3.64. The van der Waals surface area contributed by atoms with Crippen LogP contribution >= 0.6 is 0 Å². The monoisotopic (exact) mass is 220 g/mol. The maximum Gasteiger partial charge on any atom is 0.231 e. The quantitative estimate of drug-likeness (QED) is 0.754. The van der Waals surface area contributed by atoms with Crippen molar-refractivity contribution in [1.82, 2.24) is 0 Å². The van der Waals surface area contributed by atoms with Gasteiger partial charge in [0.25, 0.3) is 0 Å². The lowest BCUT2D eigenvalue weighted by Crippen LogP contribution is -2.20. The van der Waals surface area contributed by atoms with E-state index >= 15 is 0 Å². The van der Waals surface area contributed by atoms with E-state index in [1.54, 1.807) is 0 Å². The van der Waals surface area contributed by atoms with E-state index < -0.39 is 0 Å². The number of hydrogen-bond acceptors (Lipinski definition) is 5. The van der Waals surface area contributed by atoms with Gasteiger partial charge in [0.05, 0.1) is 5.69 Å². The lowest BCUT2D eigenvalue weighted by atomic mass is 10.2. The number of fused-ring (bicyclic) bond motifs is 2. The highest BCUT2D eigenvalue weighted by molar-refractivity contribution is 5.68. The maximum absolute atomic E-state index is 5.82. The minimum Gasteiger partial charge on any atom is -0.456 e. The van der Waals surface area contributed by atoms with Crippen LogP contribution in [0.2, 0.25) is 0 Å². The number of rotatable bonds is 1. The van der Waals surface area contributed by atoms with Gasteiger partial charge in [0.15, 0.2) is 17.2 Å². The first-order valence-electron chi connectivity index (χ1n) is 5.15. The Bertz CT molecular complexity index is 482. The minimum absolute atomic E-state index is 0.252. The van der Waals surface area contributed by atoms with Crippen LogP contribution in [0.5, 0.6) is 17.2 Å². The number of benzene rings is 1. The first-order valence-corrected chi connectivity index (χ1v) is 5.15. The van der Waals surface area contributed by atoms with Crippen LogP contribution in [0.1, 0.15) is 13.3 Å². The molecule has 0 atom stereocenters. The molecular weight excluding hydrogens is 208 g/mol. The Kier molecular flexibility index (Phi) is 1.86. The third-order valence-electron chi connectivity index (χ3n) is 2.60. The van der Waals surface area contributed by atoms with Gasteiger partial charge in [-0.05, 0) is 0 Å². The zero-order valence-corrected chi connectivity index (χ0v) is 8.87. The fourth-order valence-corrected chi connectivity index (χ4v) is 1.77. The van der Waals surface area contributed by atoms with Crippen LogP contribution in [0, 0.1) is 0 Å². The molecule has 0 amide bonds. The molecule has 0 saturated heterocycles. The molecule has 3 N–H and O–H groups in total. The summed E-state index contributed by atoms with van der Waals surface area (Å²) in [6.45, 7) is 2.24. The second-order valence-corrected chi connectivity index (χ2v) is 3.62. The first-order chi connectivity index (χ1) is 7.78. The molecule has 5 nitrogen and oxygen atoms in total. The topological polar surface area (TPSA) is 65.7 Å². The average Bonchev–Trinajstić information content (AvgIpc) is 2.72. The van der Waals surface area contributed by atoms with E-state index in [1.165, 1.54) is 0 Å². The molecule has 2 aliphatic rings. The number of nitrogens with one attached hydrogen (secondary N) is 1. The van der Waals surface area contributed by atoms with E-state index in [0.717, 1.165) is 23.6 Å². The molecule has 0 spiro atoms. The van der Waals surface area contributed by atoms with Crippen LogP contribution in [0.3, 0.4) is 0 Å². The van der Waals surface area contributed by atoms with Gasteiger partial charge < -0.3 is 25.3 Å². The molecule has 1 aromatic rings. The first kappa shape index (κ1) is 9.21. The lowest BCUT2D eigenvalue weighted by Gasteiger charge is -2.22. The van der Waals surface area contributed by atoms with E-state index in [1.807, 2.05) is 19.1 Å². The van der Waals surface area contributed by atoms with Gasteiger partial charge in [0.1, 0.15) is 11.6 Å². The van der Waals surface area contributed by atoms with Crippen LogP contribution in [0.4, 0.5) is 5.69 Å². The Labute approximate surface area is 92.8 Å². The second-order valence-electron chi connectivity index (χ2n) is 3.62. The summed E-state index contributed by atoms with van der Waals surface area (Å²) in [5.41, 5.74) is 6.63. The summed E-state index contributed by atoms with van der Waals surface area (Å²) in [4.78, 5) is 0. The van der Waals surface area contributed by atoms with Crippen LogP contribution in [0.25, 0.3) is 0 Å². The van der Waals surface area contributed by atoms with Gasteiger partial charge in [-0.3, -0.25) is 0 Å². The van der Waals surface area contributed by atoms with Crippen LogP contribution in [-0.2, 0) is 0 Å². The Morgan fingerprint density at radius 3 is 2.75 bits per heavy atom. The number of hydrogen-bond donors (Lipinski definition) is 2. The highest BCUT2D eigenvalue weighted by Gasteiger charge is 2.22. The largest absolute Gasteiger partial charge is 0.456 e. The van der Waals surface area contributed by atoms with Gasteiger partial charge in [-0.2, -0.15) is 0 Å². The summed E-state index contributed by atoms with van der Waals surface area (Å²) in [6.07, 6.45) is 0.743. The normalized spacial score (nSPS) is 16.6. The Hall–Kier alpha value is -2.04. The standard InChI is InChI=1S/C11H12N2O3/c1-2-7-11(12)13-6-3-9-10(15-5-14-9)4-8(6)16-7/h3-4,13H,2,5,12H2,1H3. The number of nitrogens with two attached hydrogens (primary N) is 1. The van der Waals surface area contributed by atoms with Gasteiger partial charge in [0, 0.05) is 18.6 Å². The van der Waals surface area contributed by atoms with Crippen LogP contribution < -0.4 is 25.3 Å². The van der Waals surface area contributed by atoms with Crippen molar-refractivity contribution in [2.75, 3.05) is 12.1 Å². The van der Waals surface area contributed by atoms with Crippen molar-refractivity contribution in [3.63, 3.8) is 0 Å². The van der Waals surface area contributed by atoms with Crippen molar-refractivity contribution in [3.05, 3.63) is 23.7 Å². The highest BCUT2D eigenvalue weighted by atomic mass is 16.7. The van der Waals surface area contributed by atoms with Gasteiger partial charge >= 0.3 is 0 Å². The van der Waals surface area contributed by atoms with Crippen LogP contribution in [0.15, 0.2) is 23.7 Å². The van der Waals surface area contributed by atoms with Crippen molar-refractivity contribution >= 4 is 5.69 Å². The van der Waals surface area contributed by atoms with Gasteiger partial charge in [0.2, 0.25) is 6.79 Å². The van der Waals surface area contributed by atoms with Crippen molar-refractivity contribution in [1.29, 1.82) is 0 Å². The van der Waals surface area contributed by atoms with Crippen molar-refractivity contribution in [2.24, 2.45) is 5.73 Å². The second kappa shape index (κ2) is 3.23. The van der Waals surface area contributed by atoms with Crippen molar-refractivity contribution in [2.45, 2.75) is 13.3 Å². The Balaban J connectivity index is 2.03. The number of ether oxygens (including phenoxy) is 3. The third-order valence-corrected chi connectivity index (χ3v) is 2.60. The van der Waals surface area contributed by atoms with Crippen molar-refractivity contribution in [3.8, 4) is 17.2 Å². The fraction of sp³-hybridized carbons (Fsp3) is 0.273. The molecule has 0 unspecified atom stereocenters. The Morgan fingerprint density at radius 1 is 1.25 bits per heavy atom. The van der Waals surface area contributed by atoms with Gasteiger partial charge in [-0.1, -0.05) is 6.92 Å². The Morgan fingerprint density at radius 2 is 2.00 bits per heavy atom. The molecule has 0 saturated carbocycles. The maximum atomic E-state index is 5.82. The molecular formula is C11H12N2O3. The summed E-state index contributed by atoms with van der Waals surface area (Å²) in [7, 11) is 0. The summed E-state index contributed by atoms with van der Waals surface area (Å²) in [5.74, 6) is 3.43. The SMILES string of the molecule is CCC1=C(N)Nc2cc3c(cc2O1)OCO3. The van der Waals surface area contributed by atoms with E-state index in [4.69, 9.17) is 19.9 Å². The molecule has 0 aliphatic carbocycles. The molecule has 0 aromatic heterocycles. The lowest BCUT2D eigenvalue weighted by molar-refractivity contribution is 0.174.